The van der Waals surface area contributed by atoms with Crippen LogP contribution in [0, 0.1) is 12.7 Å². The summed E-state index contributed by atoms with van der Waals surface area (Å²) in [6, 6.07) is 5.79. The Morgan fingerprint density at radius 2 is 2.09 bits per heavy atom. The Bertz CT molecular complexity index is 762. The van der Waals surface area contributed by atoms with Gasteiger partial charge in [0.25, 0.3) is 0 Å². The summed E-state index contributed by atoms with van der Waals surface area (Å²) in [5, 5.41) is 9.16. The molecule has 22 heavy (non-hydrogen) atoms. The average Bonchev–Trinajstić information content (AvgIpc) is 3.22. The fourth-order valence-electron chi connectivity index (χ4n) is 2.03. The second-order valence-electron chi connectivity index (χ2n) is 5.20. The molecule has 1 saturated carbocycles. The van der Waals surface area contributed by atoms with Crippen LogP contribution in [0.1, 0.15) is 18.5 Å². The van der Waals surface area contributed by atoms with E-state index in [1.165, 1.54) is 12.1 Å². The van der Waals surface area contributed by atoms with E-state index < -0.39 is 17.4 Å². The molecule has 7 heteroatoms. The first-order chi connectivity index (χ1) is 10.4. The lowest BCUT2D eigenvalue weighted by molar-refractivity contribution is -0.147. The predicted molar refractivity (Wildman–Crippen MR) is 77.4 cm³/mol. The molecule has 0 radical (unpaired) electrons. The molecule has 0 bridgehead atoms. The van der Waals surface area contributed by atoms with Crippen molar-refractivity contribution in [2.45, 2.75) is 25.4 Å². The summed E-state index contributed by atoms with van der Waals surface area (Å²) in [6.07, 6.45) is 0.882. The predicted octanol–water partition coefficient (Wildman–Crippen LogP) is 3.24. The molecule has 114 valence electrons. The van der Waals surface area contributed by atoms with Crippen LogP contribution in [0.15, 0.2) is 24.3 Å². The summed E-state index contributed by atoms with van der Waals surface area (Å²) in [5.41, 5.74) is -0.157. The minimum Gasteiger partial charge on any atom is -0.478 e. The van der Waals surface area contributed by atoms with Gasteiger partial charge in [0.2, 0.25) is 11.5 Å². The van der Waals surface area contributed by atoms with E-state index in [1.54, 1.807) is 19.1 Å². The zero-order valence-electron chi connectivity index (χ0n) is 11.6. The number of carbonyl (C=O) groups is 1. The van der Waals surface area contributed by atoms with Crippen LogP contribution in [0.5, 0.6) is 5.88 Å². The monoisotopic (exact) mass is 322 g/mol. The quantitative estimate of drug-likeness (QED) is 0.935. The van der Waals surface area contributed by atoms with Crippen LogP contribution >= 0.6 is 11.6 Å². The van der Waals surface area contributed by atoms with E-state index in [4.69, 9.17) is 21.4 Å². The Hall–Kier alpha value is -2.21. The van der Waals surface area contributed by atoms with Crippen molar-refractivity contribution in [3.8, 4) is 17.3 Å². The summed E-state index contributed by atoms with van der Waals surface area (Å²) < 4.78 is 19.1. The van der Waals surface area contributed by atoms with E-state index in [1.807, 2.05) is 0 Å². The molecule has 1 fully saturated rings. The maximum absolute atomic E-state index is 13.6. The first-order valence-corrected chi connectivity index (χ1v) is 7.01. The van der Waals surface area contributed by atoms with Gasteiger partial charge in [-0.25, -0.2) is 14.2 Å². The molecule has 0 spiro atoms. The third-order valence-corrected chi connectivity index (χ3v) is 3.71. The normalized spacial score (nSPS) is 15.4. The number of nitrogens with zero attached hydrogens (tertiary/aromatic N) is 2. The lowest BCUT2D eigenvalue weighted by Gasteiger charge is -2.13. The molecule has 2 aromatic rings. The number of hydrogen-bond acceptors (Lipinski definition) is 4. The summed E-state index contributed by atoms with van der Waals surface area (Å²) in [4.78, 5) is 19.6. The lowest BCUT2D eigenvalue weighted by atomic mass is 10.2. The number of aromatic nitrogens is 2. The van der Waals surface area contributed by atoms with Crippen LogP contribution < -0.4 is 4.74 Å². The molecular weight excluding hydrogens is 311 g/mol. The Labute approximate surface area is 130 Å². The van der Waals surface area contributed by atoms with Gasteiger partial charge in [0.05, 0.1) is 5.02 Å². The minimum atomic E-state index is -1.19. The van der Waals surface area contributed by atoms with Gasteiger partial charge in [-0.05, 0) is 25.1 Å². The molecule has 1 N–H and O–H groups in total. The van der Waals surface area contributed by atoms with Gasteiger partial charge in [-0.3, -0.25) is 0 Å². The molecule has 0 amide bonds. The van der Waals surface area contributed by atoms with Gasteiger partial charge >= 0.3 is 5.97 Å². The maximum Gasteiger partial charge on any atom is 0.348 e. The van der Waals surface area contributed by atoms with Gasteiger partial charge < -0.3 is 9.84 Å². The van der Waals surface area contributed by atoms with Gasteiger partial charge in [-0.15, -0.1) is 0 Å². The summed E-state index contributed by atoms with van der Waals surface area (Å²) in [5.74, 6) is -1.16. The van der Waals surface area contributed by atoms with Gasteiger partial charge in [0, 0.05) is 30.2 Å². The molecule has 1 aliphatic rings. The van der Waals surface area contributed by atoms with Crippen LogP contribution in [0.3, 0.4) is 0 Å². The first-order valence-electron chi connectivity index (χ1n) is 6.63. The van der Waals surface area contributed by atoms with E-state index in [2.05, 4.69) is 9.97 Å². The van der Waals surface area contributed by atoms with Gasteiger partial charge in [-0.1, -0.05) is 11.6 Å². The van der Waals surface area contributed by atoms with Crippen molar-refractivity contribution in [1.82, 2.24) is 9.97 Å². The molecule has 1 aromatic carbocycles. The van der Waals surface area contributed by atoms with Crippen molar-refractivity contribution >= 4 is 17.6 Å². The molecule has 0 atom stereocenters. The third-order valence-electron chi connectivity index (χ3n) is 3.40. The maximum atomic E-state index is 13.6. The Balaban J connectivity index is 1.96. The van der Waals surface area contributed by atoms with Crippen molar-refractivity contribution < 1.29 is 19.0 Å². The zero-order valence-corrected chi connectivity index (χ0v) is 12.4. The largest absolute Gasteiger partial charge is 0.478 e. The van der Waals surface area contributed by atoms with E-state index in [-0.39, 0.29) is 16.7 Å². The van der Waals surface area contributed by atoms with E-state index in [0.29, 0.717) is 24.1 Å². The highest BCUT2D eigenvalue weighted by Gasteiger charge is 2.53. The van der Waals surface area contributed by atoms with Crippen LogP contribution in [-0.2, 0) is 4.79 Å². The number of ether oxygens (including phenoxy) is 1. The van der Waals surface area contributed by atoms with Crippen molar-refractivity contribution in [1.29, 1.82) is 0 Å². The first kappa shape index (κ1) is 14.7. The number of aryl methyl sites for hydroxylation is 1. The second-order valence-corrected chi connectivity index (χ2v) is 5.61. The number of hydrogen-bond donors (Lipinski definition) is 1. The lowest BCUT2D eigenvalue weighted by Crippen LogP contribution is -2.29. The number of carboxylic acids is 1. The van der Waals surface area contributed by atoms with Crippen LogP contribution in [0.25, 0.3) is 11.4 Å². The van der Waals surface area contributed by atoms with Crippen molar-refractivity contribution in [2.75, 3.05) is 0 Å². The summed E-state index contributed by atoms with van der Waals surface area (Å²) >= 11 is 5.66. The van der Waals surface area contributed by atoms with Gasteiger partial charge in [0.1, 0.15) is 5.82 Å². The van der Waals surface area contributed by atoms with Crippen LogP contribution in [0.2, 0.25) is 5.02 Å². The molecule has 1 heterocycles. The van der Waals surface area contributed by atoms with E-state index in [9.17, 15) is 9.18 Å². The minimum absolute atomic E-state index is 0.00990. The van der Waals surface area contributed by atoms with Gasteiger partial charge in [0.15, 0.2) is 5.82 Å². The molecule has 0 aliphatic heterocycles. The fourth-order valence-corrected chi connectivity index (χ4v) is 2.15. The molecule has 0 unspecified atom stereocenters. The molecular formula is C15H12ClFN2O3. The SMILES string of the molecule is Cc1cc(OC2(C(=O)O)CC2)nc(-c2ccc(Cl)c(F)c2)n1. The highest BCUT2D eigenvalue weighted by atomic mass is 35.5. The molecule has 1 aliphatic carbocycles. The fraction of sp³-hybridized carbons (Fsp3) is 0.267. The number of carboxylic acid groups (broad SMARTS) is 1. The van der Waals surface area contributed by atoms with Gasteiger partial charge in [-0.2, -0.15) is 4.98 Å². The summed E-state index contributed by atoms with van der Waals surface area (Å²) in [7, 11) is 0. The number of rotatable bonds is 4. The van der Waals surface area contributed by atoms with Crippen molar-refractivity contribution in [3.05, 3.63) is 40.8 Å². The zero-order chi connectivity index (χ0) is 15.9. The van der Waals surface area contributed by atoms with Crippen molar-refractivity contribution in [3.63, 3.8) is 0 Å². The number of benzene rings is 1. The smallest absolute Gasteiger partial charge is 0.348 e. The standard InChI is InChI=1S/C15H12ClFN2O3/c1-8-6-12(22-15(4-5-15)14(20)21)19-13(18-8)9-2-3-10(16)11(17)7-9/h2-3,6-7H,4-5H2,1H3,(H,20,21). The second kappa shape index (κ2) is 5.21. The van der Waals surface area contributed by atoms with Crippen LogP contribution in [0.4, 0.5) is 4.39 Å². The Kier molecular flexibility index (Phi) is 3.48. The summed E-state index contributed by atoms with van der Waals surface area (Å²) in [6.45, 7) is 1.73. The Morgan fingerprint density at radius 1 is 1.36 bits per heavy atom. The van der Waals surface area contributed by atoms with E-state index >= 15 is 0 Å². The number of aliphatic carboxylic acids is 1. The van der Waals surface area contributed by atoms with Crippen molar-refractivity contribution in [2.24, 2.45) is 0 Å². The highest BCUT2D eigenvalue weighted by molar-refractivity contribution is 6.30. The Morgan fingerprint density at radius 3 is 2.68 bits per heavy atom. The molecule has 5 nitrogen and oxygen atoms in total. The third kappa shape index (κ3) is 2.74. The average molecular weight is 323 g/mol. The topological polar surface area (TPSA) is 72.3 Å². The highest BCUT2D eigenvalue weighted by Crippen LogP contribution is 2.40. The molecule has 0 saturated heterocycles. The number of halogens is 2. The van der Waals surface area contributed by atoms with Crippen LogP contribution in [-0.4, -0.2) is 26.6 Å². The molecule has 3 rings (SSSR count). The molecule has 1 aromatic heterocycles. The van der Waals surface area contributed by atoms with E-state index in [0.717, 1.165) is 0 Å².